The number of hydrogen-bond donors (Lipinski definition) is 0. The topological polar surface area (TPSA) is 12.9 Å². The molecule has 17 heavy (non-hydrogen) atoms. The summed E-state index contributed by atoms with van der Waals surface area (Å²) in [4.78, 5) is 5.11. The number of benzene rings is 1. The zero-order chi connectivity index (χ0) is 12.4. The molecule has 2 rings (SSSR count). The minimum Gasteiger partial charge on any atom is -0.260 e. The number of rotatable bonds is 2. The van der Waals surface area contributed by atoms with Crippen molar-refractivity contribution in [3.05, 3.63) is 47.8 Å². The number of aromatic nitrogens is 1. The van der Waals surface area contributed by atoms with Gasteiger partial charge in [-0.15, -0.1) is 11.8 Å². The van der Waals surface area contributed by atoms with Gasteiger partial charge < -0.3 is 0 Å². The summed E-state index contributed by atoms with van der Waals surface area (Å²) in [5.41, 5.74) is 2.21. The first-order chi connectivity index (χ1) is 8.11. The normalized spacial score (nSPS) is 10.6. The van der Waals surface area contributed by atoms with Gasteiger partial charge in [-0.25, -0.2) is 8.78 Å². The van der Waals surface area contributed by atoms with E-state index in [0.717, 1.165) is 22.2 Å². The highest BCUT2D eigenvalue weighted by Gasteiger charge is 2.10. The highest BCUT2D eigenvalue weighted by atomic mass is 32.2. The van der Waals surface area contributed by atoms with E-state index in [1.54, 1.807) is 12.3 Å². The molecular formula is C13H11F2NS. The minimum absolute atomic E-state index is 0.539. The van der Waals surface area contributed by atoms with Crippen LogP contribution in [0.3, 0.4) is 0 Å². The summed E-state index contributed by atoms with van der Waals surface area (Å²) in [6, 6.07) is 5.30. The average molecular weight is 251 g/mol. The van der Waals surface area contributed by atoms with E-state index in [-0.39, 0.29) is 0 Å². The Kier molecular flexibility index (Phi) is 3.43. The van der Waals surface area contributed by atoms with Gasteiger partial charge in [0.05, 0.1) is 5.69 Å². The Bertz CT molecular complexity index is 535. The first-order valence-electron chi connectivity index (χ1n) is 5.08. The van der Waals surface area contributed by atoms with Gasteiger partial charge in [-0.3, -0.25) is 4.98 Å². The molecule has 1 aromatic heterocycles. The molecule has 1 nitrogen and oxygen atoms in total. The second-order valence-electron chi connectivity index (χ2n) is 3.64. The van der Waals surface area contributed by atoms with Gasteiger partial charge in [-0.2, -0.15) is 0 Å². The van der Waals surface area contributed by atoms with E-state index in [1.807, 2.05) is 13.2 Å². The van der Waals surface area contributed by atoms with Crippen molar-refractivity contribution in [3.63, 3.8) is 0 Å². The molecule has 0 unspecified atom stereocenters. The molecule has 0 fully saturated rings. The molecule has 0 amide bonds. The molecule has 0 aliphatic heterocycles. The van der Waals surface area contributed by atoms with Crippen molar-refractivity contribution in [3.8, 4) is 11.1 Å². The Morgan fingerprint density at radius 1 is 1.12 bits per heavy atom. The van der Waals surface area contributed by atoms with Crippen LogP contribution in [0, 0.1) is 18.6 Å². The monoisotopic (exact) mass is 251 g/mol. The van der Waals surface area contributed by atoms with E-state index < -0.39 is 11.6 Å². The maximum absolute atomic E-state index is 13.2. The summed E-state index contributed by atoms with van der Waals surface area (Å²) in [5, 5.41) is 0. The van der Waals surface area contributed by atoms with Gasteiger partial charge >= 0.3 is 0 Å². The predicted molar refractivity (Wildman–Crippen MR) is 66.1 cm³/mol. The highest BCUT2D eigenvalue weighted by molar-refractivity contribution is 7.98. The van der Waals surface area contributed by atoms with Gasteiger partial charge in [-0.1, -0.05) is 0 Å². The van der Waals surface area contributed by atoms with Crippen molar-refractivity contribution in [2.45, 2.75) is 11.8 Å². The summed E-state index contributed by atoms with van der Waals surface area (Å²) in [5.74, 6) is -1.14. The molecule has 0 N–H and O–H groups in total. The van der Waals surface area contributed by atoms with Gasteiger partial charge in [0, 0.05) is 17.2 Å². The lowest BCUT2D eigenvalue weighted by molar-refractivity contribution is 0.584. The molecule has 0 saturated heterocycles. The quantitative estimate of drug-likeness (QED) is 0.747. The number of pyridine rings is 1. The first-order valence-corrected chi connectivity index (χ1v) is 6.30. The predicted octanol–water partition coefficient (Wildman–Crippen LogP) is 4.06. The third-order valence-corrected chi connectivity index (χ3v) is 3.38. The summed E-state index contributed by atoms with van der Waals surface area (Å²) >= 11 is 1.52. The Hall–Kier alpha value is -1.42. The molecule has 1 heterocycles. The molecule has 0 radical (unpaired) electrons. The molecule has 0 atom stereocenters. The standard InChI is InChI=1S/C13H11F2NS/c1-8-13(17-2)12(3-4-16-8)9-5-10(14)7-11(15)6-9/h3-7H,1-2H3. The van der Waals surface area contributed by atoms with E-state index in [0.29, 0.717) is 5.56 Å². The zero-order valence-electron chi connectivity index (χ0n) is 9.50. The minimum atomic E-state index is -0.568. The fourth-order valence-electron chi connectivity index (χ4n) is 1.75. The Morgan fingerprint density at radius 3 is 2.35 bits per heavy atom. The maximum atomic E-state index is 13.2. The number of hydrogen-bond acceptors (Lipinski definition) is 2. The second-order valence-corrected chi connectivity index (χ2v) is 4.45. The fourth-order valence-corrected chi connectivity index (χ4v) is 2.50. The molecule has 88 valence electrons. The lowest BCUT2D eigenvalue weighted by Crippen LogP contribution is -1.91. The summed E-state index contributed by atoms with van der Waals surface area (Å²) in [7, 11) is 0. The fraction of sp³-hybridized carbons (Fsp3) is 0.154. The van der Waals surface area contributed by atoms with Crippen LogP contribution in [0.1, 0.15) is 5.69 Å². The third-order valence-electron chi connectivity index (χ3n) is 2.46. The molecule has 0 bridgehead atoms. The van der Waals surface area contributed by atoms with Crippen LogP contribution in [0.4, 0.5) is 8.78 Å². The van der Waals surface area contributed by atoms with Crippen molar-refractivity contribution in [1.82, 2.24) is 4.98 Å². The number of nitrogens with zero attached hydrogens (tertiary/aromatic N) is 1. The van der Waals surface area contributed by atoms with E-state index in [2.05, 4.69) is 4.98 Å². The van der Waals surface area contributed by atoms with Crippen LogP contribution in [0.15, 0.2) is 35.4 Å². The van der Waals surface area contributed by atoms with Gasteiger partial charge in [0.15, 0.2) is 0 Å². The Balaban J connectivity index is 2.63. The summed E-state index contributed by atoms with van der Waals surface area (Å²) in [6.45, 7) is 1.88. The van der Waals surface area contributed by atoms with E-state index >= 15 is 0 Å². The Labute approximate surface area is 103 Å². The van der Waals surface area contributed by atoms with Crippen molar-refractivity contribution in [2.24, 2.45) is 0 Å². The SMILES string of the molecule is CSc1c(-c2cc(F)cc(F)c2)ccnc1C. The van der Waals surface area contributed by atoms with E-state index in [1.165, 1.54) is 23.9 Å². The van der Waals surface area contributed by atoms with Crippen molar-refractivity contribution < 1.29 is 8.78 Å². The maximum Gasteiger partial charge on any atom is 0.126 e. The van der Waals surface area contributed by atoms with Crippen molar-refractivity contribution in [2.75, 3.05) is 6.26 Å². The highest BCUT2D eigenvalue weighted by Crippen LogP contribution is 2.32. The van der Waals surface area contributed by atoms with Crippen molar-refractivity contribution >= 4 is 11.8 Å². The smallest absolute Gasteiger partial charge is 0.126 e. The van der Waals surface area contributed by atoms with Crippen LogP contribution in [0.5, 0.6) is 0 Å². The first kappa shape index (κ1) is 12.0. The molecular weight excluding hydrogens is 240 g/mol. The van der Waals surface area contributed by atoms with Gasteiger partial charge in [0.1, 0.15) is 11.6 Å². The van der Waals surface area contributed by atoms with Crippen LogP contribution in [-0.4, -0.2) is 11.2 Å². The number of halogens is 2. The van der Waals surface area contributed by atoms with Crippen molar-refractivity contribution in [1.29, 1.82) is 0 Å². The van der Waals surface area contributed by atoms with Crippen LogP contribution >= 0.6 is 11.8 Å². The lowest BCUT2D eigenvalue weighted by Gasteiger charge is -2.09. The third kappa shape index (κ3) is 2.47. The molecule has 2 aromatic rings. The molecule has 4 heteroatoms. The molecule has 0 aliphatic rings. The van der Waals surface area contributed by atoms with Gasteiger partial charge in [-0.05, 0) is 42.5 Å². The largest absolute Gasteiger partial charge is 0.260 e. The van der Waals surface area contributed by atoms with Crippen LogP contribution < -0.4 is 0 Å². The molecule has 0 spiro atoms. The van der Waals surface area contributed by atoms with Gasteiger partial charge in [0.2, 0.25) is 0 Å². The average Bonchev–Trinajstić information content (AvgIpc) is 2.27. The number of aryl methyl sites for hydroxylation is 1. The second kappa shape index (κ2) is 4.84. The molecule has 1 aromatic carbocycles. The van der Waals surface area contributed by atoms with Crippen LogP contribution in [0.2, 0.25) is 0 Å². The van der Waals surface area contributed by atoms with Crippen LogP contribution in [0.25, 0.3) is 11.1 Å². The summed E-state index contributed by atoms with van der Waals surface area (Å²) in [6.07, 6.45) is 3.57. The Morgan fingerprint density at radius 2 is 1.76 bits per heavy atom. The van der Waals surface area contributed by atoms with Crippen LogP contribution in [-0.2, 0) is 0 Å². The summed E-state index contributed by atoms with van der Waals surface area (Å²) < 4.78 is 26.4. The lowest BCUT2D eigenvalue weighted by atomic mass is 10.1. The molecule has 0 aliphatic carbocycles. The van der Waals surface area contributed by atoms with Gasteiger partial charge in [0.25, 0.3) is 0 Å². The van der Waals surface area contributed by atoms with E-state index in [9.17, 15) is 8.78 Å². The number of thioether (sulfide) groups is 1. The van der Waals surface area contributed by atoms with E-state index in [4.69, 9.17) is 0 Å². The zero-order valence-corrected chi connectivity index (χ0v) is 10.3. The molecule has 0 saturated carbocycles.